The quantitative estimate of drug-likeness (QED) is 0.847. The number of nitrogens with zero attached hydrogens (tertiary/aromatic N) is 1. The first-order valence-electron chi connectivity index (χ1n) is 5.47. The van der Waals surface area contributed by atoms with E-state index in [4.69, 9.17) is 20.5 Å². The van der Waals surface area contributed by atoms with E-state index >= 15 is 0 Å². The molecule has 4 heteroatoms. The molecule has 4 nitrogen and oxygen atoms in total. The van der Waals surface area contributed by atoms with Gasteiger partial charge < -0.3 is 15.2 Å². The van der Waals surface area contributed by atoms with Gasteiger partial charge in [0.1, 0.15) is 17.0 Å². The van der Waals surface area contributed by atoms with Gasteiger partial charge in [-0.3, -0.25) is 0 Å². The maximum absolute atomic E-state index is 8.84. The fourth-order valence-corrected chi connectivity index (χ4v) is 1.59. The summed E-state index contributed by atoms with van der Waals surface area (Å²) in [5.41, 5.74) is 4.90. The van der Waals surface area contributed by atoms with Crippen LogP contribution in [0.25, 0.3) is 0 Å². The van der Waals surface area contributed by atoms with Crippen LogP contribution in [-0.2, 0) is 0 Å². The van der Waals surface area contributed by atoms with Crippen molar-refractivity contribution in [3.8, 4) is 17.6 Å². The van der Waals surface area contributed by atoms with Gasteiger partial charge in [0.2, 0.25) is 0 Å². The van der Waals surface area contributed by atoms with Crippen LogP contribution in [0.1, 0.15) is 20.3 Å². The minimum Gasteiger partial charge on any atom is -0.497 e. The van der Waals surface area contributed by atoms with Crippen LogP contribution in [0.15, 0.2) is 24.3 Å². The highest BCUT2D eigenvalue weighted by molar-refractivity contribution is 5.33. The molecule has 0 saturated carbocycles. The molecule has 0 saturated heterocycles. The molecule has 0 radical (unpaired) electrons. The number of hydrogen-bond donors (Lipinski definition) is 1. The van der Waals surface area contributed by atoms with Crippen LogP contribution >= 0.6 is 0 Å². The molecule has 0 spiro atoms. The lowest BCUT2D eigenvalue weighted by atomic mass is 9.98. The standard InChI is InChI=1S/C13H18N2O2/c1-10(8-13(2,15)9-14)17-12-6-4-5-11(7-12)16-3/h4-7,10H,8,15H2,1-3H3. The number of nitrogens with two attached hydrogens (primary N) is 1. The molecule has 0 aliphatic rings. The summed E-state index contributed by atoms with van der Waals surface area (Å²) in [5.74, 6) is 1.45. The van der Waals surface area contributed by atoms with Crippen molar-refractivity contribution >= 4 is 0 Å². The van der Waals surface area contributed by atoms with Gasteiger partial charge in [0, 0.05) is 12.5 Å². The Labute approximate surface area is 102 Å². The van der Waals surface area contributed by atoms with E-state index < -0.39 is 5.54 Å². The topological polar surface area (TPSA) is 68.3 Å². The number of hydrogen-bond acceptors (Lipinski definition) is 4. The predicted molar refractivity (Wildman–Crippen MR) is 65.9 cm³/mol. The largest absolute Gasteiger partial charge is 0.497 e. The summed E-state index contributed by atoms with van der Waals surface area (Å²) in [6, 6.07) is 9.40. The summed E-state index contributed by atoms with van der Waals surface area (Å²) in [4.78, 5) is 0. The third kappa shape index (κ3) is 4.33. The summed E-state index contributed by atoms with van der Waals surface area (Å²) in [5, 5.41) is 8.84. The fraction of sp³-hybridized carbons (Fsp3) is 0.462. The molecule has 1 aromatic carbocycles. The second-order valence-corrected chi connectivity index (χ2v) is 4.34. The third-order valence-corrected chi connectivity index (χ3v) is 2.35. The maximum Gasteiger partial charge on any atom is 0.123 e. The van der Waals surface area contributed by atoms with Crippen molar-refractivity contribution in [1.29, 1.82) is 5.26 Å². The molecule has 17 heavy (non-hydrogen) atoms. The first-order chi connectivity index (χ1) is 7.96. The molecule has 0 aliphatic heterocycles. The number of rotatable bonds is 5. The number of methoxy groups -OCH3 is 1. The fourth-order valence-electron chi connectivity index (χ4n) is 1.59. The molecular formula is C13H18N2O2. The Kier molecular flexibility index (Phi) is 4.36. The molecule has 2 N–H and O–H groups in total. The van der Waals surface area contributed by atoms with E-state index in [1.54, 1.807) is 20.1 Å². The summed E-state index contributed by atoms with van der Waals surface area (Å²) in [7, 11) is 1.61. The van der Waals surface area contributed by atoms with Gasteiger partial charge in [0.15, 0.2) is 0 Å². The van der Waals surface area contributed by atoms with Gasteiger partial charge >= 0.3 is 0 Å². The molecular weight excluding hydrogens is 216 g/mol. The number of ether oxygens (including phenoxy) is 2. The van der Waals surface area contributed by atoms with Gasteiger partial charge in [0.05, 0.1) is 19.3 Å². The molecule has 2 atom stereocenters. The maximum atomic E-state index is 8.84. The Morgan fingerprint density at radius 1 is 1.47 bits per heavy atom. The molecule has 0 aliphatic carbocycles. The van der Waals surface area contributed by atoms with Gasteiger partial charge in [-0.2, -0.15) is 5.26 Å². The lowest BCUT2D eigenvalue weighted by molar-refractivity contribution is 0.190. The summed E-state index contributed by atoms with van der Waals surface area (Å²) in [6.07, 6.45) is 0.345. The minimum atomic E-state index is -0.863. The van der Waals surface area contributed by atoms with E-state index in [-0.39, 0.29) is 6.10 Å². The Balaban J connectivity index is 2.62. The molecule has 0 fully saturated rings. The molecule has 0 bridgehead atoms. The minimum absolute atomic E-state index is 0.128. The smallest absolute Gasteiger partial charge is 0.123 e. The molecule has 2 unspecified atom stereocenters. The second kappa shape index (κ2) is 5.55. The van der Waals surface area contributed by atoms with Crippen LogP contribution in [0.4, 0.5) is 0 Å². The Morgan fingerprint density at radius 2 is 2.12 bits per heavy atom. The van der Waals surface area contributed by atoms with Crippen LogP contribution in [0.3, 0.4) is 0 Å². The summed E-state index contributed by atoms with van der Waals surface area (Å²) in [6.45, 7) is 3.58. The van der Waals surface area contributed by atoms with Crippen molar-refractivity contribution in [2.45, 2.75) is 31.9 Å². The first-order valence-corrected chi connectivity index (χ1v) is 5.47. The van der Waals surface area contributed by atoms with Crippen LogP contribution in [0.5, 0.6) is 11.5 Å². The normalized spacial score (nSPS) is 15.5. The lowest BCUT2D eigenvalue weighted by Gasteiger charge is -2.21. The highest BCUT2D eigenvalue weighted by atomic mass is 16.5. The Bertz CT molecular complexity index is 410. The lowest BCUT2D eigenvalue weighted by Crippen LogP contribution is -2.38. The van der Waals surface area contributed by atoms with Crippen LogP contribution < -0.4 is 15.2 Å². The van der Waals surface area contributed by atoms with Gasteiger partial charge in [-0.05, 0) is 26.0 Å². The van der Waals surface area contributed by atoms with E-state index in [0.29, 0.717) is 12.2 Å². The summed E-state index contributed by atoms with van der Waals surface area (Å²) >= 11 is 0. The van der Waals surface area contributed by atoms with Crippen LogP contribution in [0.2, 0.25) is 0 Å². The average molecular weight is 234 g/mol. The second-order valence-electron chi connectivity index (χ2n) is 4.34. The van der Waals surface area contributed by atoms with Crippen LogP contribution in [-0.4, -0.2) is 18.8 Å². The monoisotopic (exact) mass is 234 g/mol. The summed E-state index contributed by atoms with van der Waals surface area (Å²) < 4.78 is 10.8. The average Bonchev–Trinajstić information content (AvgIpc) is 2.28. The van der Waals surface area contributed by atoms with Crippen molar-refractivity contribution in [2.75, 3.05) is 7.11 Å². The Morgan fingerprint density at radius 3 is 2.71 bits per heavy atom. The van der Waals surface area contributed by atoms with E-state index in [9.17, 15) is 0 Å². The highest BCUT2D eigenvalue weighted by Crippen LogP contribution is 2.21. The SMILES string of the molecule is COc1cccc(OC(C)CC(C)(N)C#N)c1. The van der Waals surface area contributed by atoms with Gasteiger partial charge in [-0.1, -0.05) is 6.07 Å². The molecule has 0 amide bonds. The van der Waals surface area contributed by atoms with Crippen molar-refractivity contribution < 1.29 is 9.47 Å². The van der Waals surface area contributed by atoms with Crippen LogP contribution in [0, 0.1) is 11.3 Å². The van der Waals surface area contributed by atoms with Crippen molar-refractivity contribution in [3.63, 3.8) is 0 Å². The molecule has 0 heterocycles. The van der Waals surface area contributed by atoms with Gasteiger partial charge in [-0.15, -0.1) is 0 Å². The highest BCUT2D eigenvalue weighted by Gasteiger charge is 2.22. The molecule has 0 aromatic heterocycles. The predicted octanol–water partition coefficient (Wildman–Crippen LogP) is 2.09. The molecule has 1 rings (SSSR count). The van der Waals surface area contributed by atoms with E-state index in [1.165, 1.54) is 0 Å². The van der Waals surface area contributed by atoms with Gasteiger partial charge in [0.25, 0.3) is 0 Å². The van der Waals surface area contributed by atoms with Crippen molar-refractivity contribution in [2.24, 2.45) is 5.73 Å². The van der Waals surface area contributed by atoms with E-state index in [2.05, 4.69) is 6.07 Å². The zero-order valence-electron chi connectivity index (χ0n) is 10.4. The third-order valence-electron chi connectivity index (χ3n) is 2.35. The van der Waals surface area contributed by atoms with Gasteiger partial charge in [-0.25, -0.2) is 0 Å². The molecule has 92 valence electrons. The van der Waals surface area contributed by atoms with Crippen molar-refractivity contribution in [3.05, 3.63) is 24.3 Å². The zero-order chi connectivity index (χ0) is 12.9. The van der Waals surface area contributed by atoms with E-state index in [1.807, 2.05) is 25.1 Å². The van der Waals surface area contributed by atoms with E-state index in [0.717, 1.165) is 5.75 Å². The number of benzene rings is 1. The number of nitriles is 1. The molecule has 1 aromatic rings. The first kappa shape index (κ1) is 13.3. The Hall–Kier alpha value is -1.73. The zero-order valence-corrected chi connectivity index (χ0v) is 10.4. The van der Waals surface area contributed by atoms with Crippen molar-refractivity contribution in [1.82, 2.24) is 0 Å².